The van der Waals surface area contributed by atoms with E-state index in [4.69, 9.17) is 17.3 Å². The Morgan fingerprint density at radius 1 is 1.41 bits per heavy atom. The molecule has 1 saturated heterocycles. The first kappa shape index (κ1) is 12.2. The Kier molecular flexibility index (Phi) is 3.57. The summed E-state index contributed by atoms with van der Waals surface area (Å²) in [4.78, 5) is 14.1. The van der Waals surface area contributed by atoms with Crippen molar-refractivity contribution in [2.75, 3.05) is 18.8 Å². The van der Waals surface area contributed by atoms with Crippen molar-refractivity contribution in [1.29, 1.82) is 0 Å². The van der Waals surface area contributed by atoms with Crippen molar-refractivity contribution in [1.82, 2.24) is 4.90 Å². The van der Waals surface area contributed by atoms with Crippen LogP contribution in [0.1, 0.15) is 30.1 Å². The highest BCUT2D eigenvalue weighted by molar-refractivity contribution is 6.33. The molecule has 0 aliphatic carbocycles. The summed E-state index contributed by atoms with van der Waals surface area (Å²) in [6.45, 7) is 3.84. The van der Waals surface area contributed by atoms with Crippen molar-refractivity contribution < 1.29 is 4.79 Å². The smallest absolute Gasteiger partial charge is 0.255 e. The molecule has 0 atom stereocenters. The molecule has 0 saturated carbocycles. The van der Waals surface area contributed by atoms with E-state index in [1.807, 2.05) is 4.90 Å². The van der Waals surface area contributed by atoms with Crippen molar-refractivity contribution in [2.45, 2.75) is 19.8 Å². The molecule has 2 N–H and O–H groups in total. The summed E-state index contributed by atoms with van der Waals surface area (Å²) in [5.41, 5.74) is 6.75. The molecule has 0 bridgehead atoms. The van der Waals surface area contributed by atoms with Gasteiger partial charge in [-0.25, -0.2) is 0 Å². The molecule has 1 fully saturated rings. The second-order valence-electron chi connectivity index (χ2n) is 4.68. The Morgan fingerprint density at radius 3 is 2.71 bits per heavy atom. The zero-order chi connectivity index (χ0) is 12.4. The molecule has 0 spiro atoms. The van der Waals surface area contributed by atoms with Crippen LogP contribution in [0.2, 0.25) is 5.02 Å². The number of nitrogens with two attached hydrogens (primary N) is 1. The molecule has 0 unspecified atom stereocenters. The van der Waals surface area contributed by atoms with Gasteiger partial charge in [-0.15, -0.1) is 0 Å². The van der Waals surface area contributed by atoms with Crippen molar-refractivity contribution in [3.63, 3.8) is 0 Å². The van der Waals surface area contributed by atoms with Crippen LogP contribution in [0.5, 0.6) is 0 Å². The molecule has 4 heteroatoms. The van der Waals surface area contributed by atoms with Gasteiger partial charge in [0.2, 0.25) is 0 Å². The van der Waals surface area contributed by atoms with E-state index >= 15 is 0 Å². The maximum atomic E-state index is 12.3. The first-order valence-corrected chi connectivity index (χ1v) is 6.30. The highest BCUT2D eigenvalue weighted by Crippen LogP contribution is 2.25. The molecule has 17 heavy (non-hydrogen) atoms. The molecule has 0 radical (unpaired) electrons. The van der Waals surface area contributed by atoms with E-state index in [1.54, 1.807) is 18.2 Å². The van der Waals surface area contributed by atoms with Crippen LogP contribution in [-0.2, 0) is 0 Å². The lowest BCUT2D eigenvalue weighted by Gasteiger charge is -2.30. The molecule has 2 rings (SSSR count). The maximum absolute atomic E-state index is 12.3. The number of amides is 1. The molecule has 1 aromatic carbocycles. The average molecular weight is 253 g/mol. The van der Waals surface area contributed by atoms with Gasteiger partial charge in [0.15, 0.2) is 0 Å². The Hall–Kier alpha value is -1.22. The van der Waals surface area contributed by atoms with Gasteiger partial charge in [-0.1, -0.05) is 24.6 Å². The van der Waals surface area contributed by atoms with Gasteiger partial charge >= 0.3 is 0 Å². The van der Waals surface area contributed by atoms with Crippen LogP contribution in [0, 0.1) is 5.92 Å². The summed E-state index contributed by atoms with van der Waals surface area (Å²) < 4.78 is 0. The number of halogens is 1. The fourth-order valence-corrected chi connectivity index (χ4v) is 2.28. The van der Waals surface area contributed by atoms with Crippen molar-refractivity contribution in [3.05, 3.63) is 28.8 Å². The number of rotatable bonds is 1. The normalized spacial score (nSPS) is 17.2. The second-order valence-corrected chi connectivity index (χ2v) is 5.08. The SMILES string of the molecule is CC1CCN(C(=O)c2cccc(Cl)c2N)CC1. The molecular formula is C13H17ClN2O. The average Bonchev–Trinajstić information content (AvgIpc) is 2.33. The van der Waals surface area contributed by atoms with Gasteiger partial charge in [0.05, 0.1) is 16.3 Å². The molecular weight excluding hydrogens is 236 g/mol. The first-order chi connectivity index (χ1) is 8.09. The second kappa shape index (κ2) is 4.96. The number of hydrogen-bond acceptors (Lipinski definition) is 2. The number of benzene rings is 1. The van der Waals surface area contributed by atoms with Gasteiger partial charge in [0, 0.05) is 13.1 Å². The minimum atomic E-state index is -0.00287. The van der Waals surface area contributed by atoms with Gasteiger partial charge in [0.1, 0.15) is 0 Å². The highest BCUT2D eigenvalue weighted by atomic mass is 35.5. The number of carbonyl (C=O) groups is 1. The molecule has 92 valence electrons. The van der Waals surface area contributed by atoms with Crippen LogP contribution in [0.3, 0.4) is 0 Å². The van der Waals surface area contributed by atoms with Gasteiger partial charge in [0.25, 0.3) is 5.91 Å². The third-order valence-corrected chi connectivity index (χ3v) is 3.68. The van der Waals surface area contributed by atoms with Gasteiger partial charge in [-0.05, 0) is 30.9 Å². The van der Waals surface area contributed by atoms with E-state index in [2.05, 4.69) is 6.92 Å². The minimum absolute atomic E-state index is 0.00287. The third-order valence-electron chi connectivity index (χ3n) is 3.35. The van der Waals surface area contributed by atoms with Crippen LogP contribution in [0.25, 0.3) is 0 Å². The van der Waals surface area contributed by atoms with Gasteiger partial charge in [-0.3, -0.25) is 4.79 Å². The Balaban J connectivity index is 2.17. The molecule has 1 heterocycles. The topological polar surface area (TPSA) is 46.3 Å². The first-order valence-electron chi connectivity index (χ1n) is 5.93. The number of anilines is 1. The van der Waals surface area contributed by atoms with Crippen molar-refractivity contribution >= 4 is 23.2 Å². The van der Waals surface area contributed by atoms with Crippen LogP contribution in [0.15, 0.2) is 18.2 Å². The zero-order valence-corrected chi connectivity index (χ0v) is 10.7. The number of nitrogens with zero attached hydrogens (tertiary/aromatic N) is 1. The van der Waals surface area contributed by atoms with E-state index in [0.717, 1.165) is 25.9 Å². The van der Waals surface area contributed by atoms with Crippen LogP contribution >= 0.6 is 11.6 Å². The number of para-hydroxylation sites is 1. The van der Waals surface area contributed by atoms with Crippen LogP contribution in [0.4, 0.5) is 5.69 Å². The van der Waals surface area contributed by atoms with E-state index in [9.17, 15) is 4.79 Å². The van der Waals surface area contributed by atoms with E-state index in [0.29, 0.717) is 22.2 Å². The third kappa shape index (κ3) is 2.55. The van der Waals surface area contributed by atoms with Gasteiger partial charge < -0.3 is 10.6 Å². The number of piperidine rings is 1. The minimum Gasteiger partial charge on any atom is -0.397 e. The summed E-state index contributed by atoms with van der Waals surface area (Å²) in [6.07, 6.45) is 2.12. The van der Waals surface area contributed by atoms with E-state index in [-0.39, 0.29) is 5.91 Å². The Bertz CT molecular complexity index is 425. The predicted octanol–water partition coefficient (Wildman–Crippen LogP) is 2.79. The fourth-order valence-electron chi connectivity index (χ4n) is 2.11. The maximum Gasteiger partial charge on any atom is 0.255 e. The number of hydrogen-bond donors (Lipinski definition) is 1. The van der Waals surface area contributed by atoms with Gasteiger partial charge in [-0.2, -0.15) is 0 Å². The van der Waals surface area contributed by atoms with E-state index < -0.39 is 0 Å². The summed E-state index contributed by atoms with van der Waals surface area (Å²) in [5.74, 6) is 0.702. The molecule has 1 aliphatic heterocycles. The summed E-state index contributed by atoms with van der Waals surface area (Å²) in [7, 11) is 0. The lowest BCUT2D eigenvalue weighted by molar-refractivity contribution is 0.0698. The lowest BCUT2D eigenvalue weighted by atomic mass is 9.98. The largest absolute Gasteiger partial charge is 0.397 e. The Morgan fingerprint density at radius 2 is 2.06 bits per heavy atom. The van der Waals surface area contributed by atoms with Crippen LogP contribution in [-0.4, -0.2) is 23.9 Å². The summed E-state index contributed by atoms with van der Waals surface area (Å²) >= 11 is 5.92. The molecule has 3 nitrogen and oxygen atoms in total. The monoisotopic (exact) mass is 252 g/mol. The standard InChI is InChI=1S/C13H17ClN2O/c1-9-5-7-16(8-6-9)13(17)10-3-2-4-11(14)12(10)15/h2-4,9H,5-8,15H2,1H3. The number of nitrogen functional groups attached to an aromatic ring is 1. The summed E-state index contributed by atoms with van der Waals surface area (Å²) in [5, 5.41) is 0.446. The number of carbonyl (C=O) groups excluding carboxylic acids is 1. The molecule has 0 aromatic heterocycles. The van der Waals surface area contributed by atoms with Crippen LogP contribution < -0.4 is 5.73 Å². The lowest BCUT2D eigenvalue weighted by Crippen LogP contribution is -2.38. The summed E-state index contributed by atoms with van der Waals surface area (Å²) in [6, 6.07) is 5.20. The predicted molar refractivity (Wildman–Crippen MR) is 70.2 cm³/mol. The van der Waals surface area contributed by atoms with Crippen molar-refractivity contribution in [3.8, 4) is 0 Å². The molecule has 1 amide bonds. The van der Waals surface area contributed by atoms with Crippen molar-refractivity contribution in [2.24, 2.45) is 5.92 Å². The molecule has 1 aliphatic rings. The Labute approximate surface area is 107 Å². The highest BCUT2D eigenvalue weighted by Gasteiger charge is 2.23. The molecule has 1 aromatic rings. The zero-order valence-electron chi connectivity index (χ0n) is 9.95. The fraction of sp³-hybridized carbons (Fsp3) is 0.462. The number of likely N-dealkylation sites (tertiary alicyclic amines) is 1. The van der Waals surface area contributed by atoms with E-state index in [1.165, 1.54) is 0 Å². The quantitative estimate of drug-likeness (QED) is 0.782.